The Bertz CT molecular complexity index is 742. The fraction of sp³-hybridized carbons (Fsp3) is 0.0667. The Balaban J connectivity index is 1.71. The Hall–Kier alpha value is -2.24. The molecular formula is C15H10Cl2N2O3. The summed E-state index contributed by atoms with van der Waals surface area (Å²) < 4.78 is 10.4. The first kappa shape index (κ1) is 14.7. The SMILES string of the molecule is O=C(NN=Cc1c(Cl)cccc1Cl)c1ccc2c(c1)OCO2. The predicted molar refractivity (Wildman–Crippen MR) is 84.1 cm³/mol. The minimum Gasteiger partial charge on any atom is -0.454 e. The highest BCUT2D eigenvalue weighted by molar-refractivity contribution is 6.38. The molecule has 0 spiro atoms. The zero-order chi connectivity index (χ0) is 15.5. The van der Waals surface area contributed by atoms with Crippen molar-refractivity contribution in [1.29, 1.82) is 0 Å². The van der Waals surface area contributed by atoms with Crippen molar-refractivity contribution < 1.29 is 14.3 Å². The van der Waals surface area contributed by atoms with Crippen LogP contribution in [0.5, 0.6) is 11.5 Å². The number of hydrogen-bond acceptors (Lipinski definition) is 4. The van der Waals surface area contributed by atoms with Gasteiger partial charge in [0.25, 0.3) is 5.91 Å². The van der Waals surface area contributed by atoms with Crippen LogP contribution >= 0.6 is 23.2 Å². The van der Waals surface area contributed by atoms with E-state index in [9.17, 15) is 4.79 Å². The van der Waals surface area contributed by atoms with Gasteiger partial charge in [-0.1, -0.05) is 29.3 Å². The van der Waals surface area contributed by atoms with Gasteiger partial charge in [-0.2, -0.15) is 5.10 Å². The lowest BCUT2D eigenvalue weighted by Crippen LogP contribution is -2.17. The fourth-order valence-electron chi connectivity index (χ4n) is 1.89. The molecular weight excluding hydrogens is 327 g/mol. The Morgan fingerprint density at radius 3 is 2.64 bits per heavy atom. The first-order valence-corrected chi connectivity index (χ1v) is 7.08. The third kappa shape index (κ3) is 3.00. The number of carbonyl (C=O) groups is 1. The van der Waals surface area contributed by atoms with E-state index < -0.39 is 0 Å². The number of amides is 1. The van der Waals surface area contributed by atoms with Crippen LogP contribution in [0.2, 0.25) is 10.0 Å². The molecule has 0 fully saturated rings. The summed E-state index contributed by atoms with van der Waals surface area (Å²) >= 11 is 12.0. The van der Waals surface area contributed by atoms with Gasteiger partial charge in [0.2, 0.25) is 6.79 Å². The van der Waals surface area contributed by atoms with Gasteiger partial charge in [-0.25, -0.2) is 5.43 Å². The molecule has 0 unspecified atom stereocenters. The monoisotopic (exact) mass is 336 g/mol. The average molecular weight is 337 g/mol. The van der Waals surface area contributed by atoms with Crippen molar-refractivity contribution in [2.45, 2.75) is 0 Å². The van der Waals surface area contributed by atoms with Crippen molar-refractivity contribution in [3.05, 3.63) is 57.6 Å². The second-order valence-electron chi connectivity index (χ2n) is 4.40. The first-order valence-electron chi connectivity index (χ1n) is 6.32. The molecule has 1 amide bonds. The van der Waals surface area contributed by atoms with E-state index in [1.807, 2.05) is 0 Å². The maximum atomic E-state index is 12.0. The van der Waals surface area contributed by atoms with E-state index in [0.717, 1.165) is 0 Å². The molecule has 1 aliphatic rings. The standard InChI is InChI=1S/C15H10Cl2N2O3/c16-11-2-1-3-12(17)10(11)7-18-19-15(20)9-4-5-13-14(6-9)22-8-21-13/h1-7H,8H2,(H,19,20). The number of nitrogens with one attached hydrogen (secondary N) is 1. The molecule has 0 aromatic heterocycles. The summed E-state index contributed by atoms with van der Waals surface area (Å²) in [6.07, 6.45) is 1.40. The third-order valence-electron chi connectivity index (χ3n) is 2.99. The van der Waals surface area contributed by atoms with Crippen molar-refractivity contribution in [2.24, 2.45) is 5.10 Å². The van der Waals surface area contributed by atoms with Crippen LogP contribution < -0.4 is 14.9 Å². The van der Waals surface area contributed by atoms with Crippen LogP contribution in [0.4, 0.5) is 0 Å². The molecule has 5 nitrogen and oxygen atoms in total. The fourth-order valence-corrected chi connectivity index (χ4v) is 2.39. The van der Waals surface area contributed by atoms with Crippen molar-refractivity contribution >= 4 is 35.3 Å². The van der Waals surface area contributed by atoms with Crippen LogP contribution in [0.15, 0.2) is 41.5 Å². The van der Waals surface area contributed by atoms with Gasteiger partial charge >= 0.3 is 0 Å². The summed E-state index contributed by atoms with van der Waals surface area (Å²) in [6.45, 7) is 0.156. The number of hydrogen-bond donors (Lipinski definition) is 1. The van der Waals surface area contributed by atoms with E-state index in [0.29, 0.717) is 32.7 Å². The van der Waals surface area contributed by atoms with E-state index >= 15 is 0 Å². The molecule has 0 radical (unpaired) electrons. The largest absolute Gasteiger partial charge is 0.454 e. The first-order chi connectivity index (χ1) is 10.6. The second kappa shape index (κ2) is 6.25. The zero-order valence-corrected chi connectivity index (χ0v) is 12.7. The van der Waals surface area contributed by atoms with Crippen LogP contribution in [-0.2, 0) is 0 Å². The Labute approximate surface area is 136 Å². The van der Waals surface area contributed by atoms with E-state index in [1.165, 1.54) is 6.21 Å². The topological polar surface area (TPSA) is 59.9 Å². The highest BCUT2D eigenvalue weighted by Gasteiger charge is 2.15. The number of benzene rings is 2. The molecule has 1 heterocycles. The molecule has 0 bridgehead atoms. The molecule has 3 rings (SSSR count). The van der Waals surface area contributed by atoms with Gasteiger partial charge in [-0.15, -0.1) is 0 Å². The third-order valence-corrected chi connectivity index (χ3v) is 3.65. The summed E-state index contributed by atoms with van der Waals surface area (Å²) in [5.74, 6) is 0.770. The summed E-state index contributed by atoms with van der Waals surface area (Å²) in [7, 11) is 0. The lowest BCUT2D eigenvalue weighted by molar-refractivity contribution is 0.0954. The minimum absolute atomic E-state index is 0.156. The van der Waals surface area contributed by atoms with Crippen LogP contribution in [0.25, 0.3) is 0 Å². The van der Waals surface area contributed by atoms with Crippen LogP contribution in [-0.4, -0.2) is 18.9 Å². The van der Waals surface area contributed by atoms with Gasteiger partial charge < -0.3 is 9.47 Å². The quantitative estimate of drug-likeness (QED) is 0.689. The summed E-state index contributed by atoms with van der Waals surface area (Å²) in [6, 6.07) is 10.00. The van der Waals surface area contributed by atoms with Gasteiger partial charge in [-0.05, 0) is 30.3 Å². The van der Waals surface area contributed by atoms with Gasteiger partial charge in [0.05, 0.1) is 16.3 Å². The van der Waals surface area contributed by atoms with Gasteiger partial charge in [0, 0.05) is 11.1 Å². The van der Waals surface area contributed by atoms with E-state index in [4.69, 9.17) is 32.7 Å². The number of fused-ring (bicyclic) bond motifs is 1. The lowest BCUT2D eigenvalue weighted by atomic mass is 10.2. The number of rotatable bonds is 3. The van der Waals surface area contributed by atoms with Crippen molar-refractivity contribution in [3.8, 4) is 11.5 Å². The molecule has 2 aromatic carbocycles. The maximum absolute atomic E-state index is 12.0. The zero-order valence-electron chi connectivity index (χ0n) is 11.2. The average Bonchev–Trinajstić information content (AvgIpc) is 2.97. The number of ether oxygens (including phenoxy) is 2. The Kier molecular flexibility index (Phi) is 4.18. The van der Waals surface area contributed by atoms with E-state index in [2.05, 4.69) is 10.5 Å². The molecule has 0 saturated carbocycles. The van der Waals surface area contributed by atoms with Gasteiger partial charge in [0.1, 0.15) is 0 Å². The van der Waals surface area contributed by atoms with Crippen molar-refractivity contribution in [3.63, 3.8) is 0 Å². The number of nitrogens with zero attached hydrogens (tertiary/aromatic N) is 1. The number of carbonyl (C=O) groups excluding carboxylic acids is 1. The van der Waals surface area contributed by atoms with E-state index in [1.54, 1.807) is 36.4 Å². The smallest absolute Gasteiger partial charge is 0.271 e. The highest BCUT2D eigenvalue weighted by Crippen LogP contribution is 2.32. The molecule has 7 heteroatoms. The Morgan fingerprint density at radius 2 is 1.86 bits per heavy atom. The lowest BCUT2D eigenvalue weighted by Gasteiger charge is -2.03. The second-order valence-corrected chi connectivity index (χ2v) is 5.22. The molecule has 0 aliphatic carbocycles. The molecule has 22 heavy (non-hydrogen) atoms. The maximum Gasteiger partial charge on any atom is 0.271 e. The molecule has 2 aromatic rings. The number of halogens is 2. The summed E-state index contributed by atoms with van der Waals surface area (Å²) in [5, 5.41) is 4.77. The predicted octanol–water partition coefficient (Wildman–Crippen LogP) is 3.49. The van der Waals surface area contributed by atoms with Gasteiger partial charge in [-0.3, -0.25) is 4.79 Å². The molecule has 112 valence electrons. The van der Waals surface area contributed by atoms with Crippen LogP contribution in [0.1, 0.15) is 15.9 Å². The van der Waals surface area contributed by atoms with Crippen molar-refractivity contribution in [1.82, 2.24) is 5.43 Å². The summed E-state index contributed by atoms with van der Waals surface area (Å²) in [4.78, 5) is 12.0. The van der Waals surface area contributed by atoms with Crippen molar-refractivity contribution in [2.75, 3.05) is 6.79 Å². The summed E-state index contributed by atoms with van der Waals surface area (Å²) in [5.41, 5.74) is 3.36. The highest BCUT2D eigenvalue weighted by atomic mass is 35.5. The molecule has 0 atom stereocenters. The molecule has 0 saturated heterocycles. The number of hydrazone groups is 1. The van der Waals surface area contributed by atoms with Crippen LogP contribution in [0.3, 0.4) is 0 Å². The minimum atomic E-state index is -0.377. The van der Waals surface area contributed by atoms with Crippen LogP contribution in [0, 0.1) is 0 Å². The Morgan fingerprint density at radius 1 is 1.14 bits per heavy atom. The van der Waals surface area contributed by atoms with E-state index in [-0.39, 0.29) is 12.7 Å². The normalized spacial score (nSPS) is 12.6. The molecule has 1 N–H and O–H groups in total. The molecule has 1 aliphatic heterocycles. The van der Waals surface area contributed by atoms with Gasteiger partial charge in [0.15, 0.2) is 11.5 Å².